The van der Waals surface area contributed by atoms with E-state index in [1.165, 1.54) is 12.8 Å². The number of hydrogen-bond acceptors (Lipinski definition) is 3. The lowest BCUT2D eigenvalue weighted by atomic mass is 10.1. The van der Waals surface area contributed by atoms with Crippen LogP contribution in [0.4, 0.5) is 0 Å². The third-order valence-electron chi connectivity index (χ3n) is 3.43. The van der Waals surface area contributed by atoms with E-state index in [1.54, 1.807) is 0 Å². The molecule has 0 bridgehead atoms. The molecule has 4 heteroatoms. The van der Waals surface area contributed by atoms with E-state index in [9.17, 15) is 4.79 Å². The summed E-state index contributed by atoms with van der Waals surface area (Å²) in [5.41, 5.74) is 5.64. The molecule has 2 unspecified atom stereocenters. The fraction of sp³-hybridized carbons (Fsp3) is 0.900. The minimum atomic E-state index is -0.0978. The molecule has 0 aromatic rings. The van der Waals surface area contributed by atoms with Crippen LogP contribution in [0.1, 0.15) is 19.8 Å². The highest BCUT2D eigenvalue weighted by Gasteiger charge is 2.42. The van der Waals surface area contributed by atoms with E-state index < -0.39 is 0 Å². The van der Waals surface area contributed by atoms with Crippen molar-refractivity contribution in [2.45, 2.75) is 37.9 Å². The number of nitrogens with two attached hydrogens (primary N) is 1. The first-order valence-electron chi connectivity index (χ1n) is 5.37. The fourth-order valence-corrected chi connectivity index (χ4v) is 2.16. The van der Waals surface area contributed by atoms with Crippen LogP contribution >= 0.6 is 0 Å². The zero-order valence-corrected chi connectivity index (χ0v) is 8.94. The van der Waals surface area contributed by atoms with E-state index in [-0.39, 0.29) is 11.9 Å². The molecule has 2 rings (SSSR count). The lowest BCUT2D eigenvalue weighted by Crippen LogP contribution is -2.62. The second-order valence-corrected chi connectivity index (χ2v) is 4.49. The Labute approximate surface area is 85.0 Å². The van der Waals surface area contributed by atoms with Gasteiger partial charge in [0, 0.05) is 25.2 Å². The van der Waals surface area contributed by atoms with Gasteiger partial charge in [-0.3, -0.25) is 9.69 Å². The molecule has 1 aliphatic heterocycles. The van der Waals surface area contributed by atoms with Crippen molar-refractivity contribution in [3.05, 3.63) is 0 Å². The van der Waals surface area contributed by atoms with Gasteiger partial charge in [0.05, 0.1) is 0 Å². The Morgan fingerprint density at radius 3 is 2.64 bits per heavy atom. The number of hydrogen-bond donors (Lipinski definition) is 1. The Morgan fingerprint density at radius 1 is 1.50 bits per heavy atom. The predicted octanol–water partition coefficient (Wildman–Crippen LogP) is -0.361. The second-order valence-electron chi connectivity index (χ2n) is 4.49. The SMILES string of the molecule is CC1CN(C2CC2)C(=O)C(CN)N1C. The molecule has 4 nitrogen and oxygen atoms in total. The van der Waals surface area contributed by atoms with Gasteiger partial charge in [-0.25, -0.2) is 0 Å². The number of piperazine rings is 1. The Bertz CT molecular complexity index is 236. The zero-order chi connectivity index (χ0) is 10.3. The van der Waals surface area contributed by atoms with E-state index in [2.05, 4.69) is 11.8 Å². The summed E-state index contributed by atoms with van der Waals surface area (Å²) in [6, 6.07) is 0.855. The highest BCUT2D eigenvalue weighted by molar-refractivity contribution is 5.83. The first kappa shape index (κ1) is 9.93. The fourth-order valence-electron chi connectivity index (χ4n) is 2.16. The van der Waals surface area contributed by atoms with Crippen LogP contribution < -0.4 is 5.73 Å². The van der Waals surface area contributed by atoms with E-state index >= 15 is 0 Å². The van der Waals surface area contributed by atoms with Crippen molar-refractivity contribution in [1.29, 1.82) is 0 Å². The molecular weight excluding hydrogens is 178 g/mol. The molecule has 2 N–H and O–H groups in total. The van der Waals surface area contributed by atoms with Crippen LogP contribution in [0.5, 0.6) is 0 Å². The van der Waals surface area contributed by atoms with Crippen LogP contribution in [-0.2, 0) is 4.79 Å². The van der Waals surface area contributed by atoms with Gasteiger partial charge in [-0.05, 0) is 26.8 Å². The van der Waals surface area contributed by atoms with Crippen LogP contribution in [0.15, 0.2) is 0 Å². The largest absolute Gasteiger partial charge is 0.337 e. The van der Waals surface area contributed by atoms with Crippen LogP contribution in [0.25, 0.3) is 0 Å². The number of carbonyl (C=O) groups excluding carboxylic acids is 1. The second kappa shape index (κ2) is 3.51. The summed E-state index contributed by atoms with van der Waals surface area (Å²) >= 11 is 0. The van der Waals surface area contributed by atoms with Crippen molar-refractivity contribution >= 4 is 5.91 Å². The lowest BCUT2D eigenvalue weighted by molar-refractivity contribution is -0.143. The molecule has 80 valence electrons. The molecule has 14 heavy (non-hydrogen) atoms. The molecule has 0 radical (unpaired) electrons. The number of carbonyl (C=O) groups is 1. The Hall–Kier alpha value is -0.610. The summed E-state index contributed by atoms with van der Waals surface area (Å²) in [6.07, 6.45) is 2.36. The topological polar surface area (TPSA) is 49.6 Å². The third-order valence-corrected chi connectivity index (χ3v) is 3.43. The Kier molecular flexibility index (Phi) is 2.49. The number of nitrogens with zero attached hydrogens (tertiary/aromatic N) is 2. The van der Waals surface area contributed by atoms with Crippen LogP contribution in [0.3, 0.4) is 0 Å². The normalized spacial score (nSPS) is 35.1. The number of rotatable bonds is 2. The van der Waals surface area contributed by atoms with Crippen molar-refractivity contribution in [3.8, 4) is 0 Å². The van der Waals surface area contributed by atoms with E-state index in [1.807, 2.05) is 11.9 Å². The standard InChI is InChI=1S/C10H19N3O/c1-7-6-13(8-3-4-8)10(14)9(5-11)12(7)2/h7-9H,3-6,11H2,1-2H3. The quantitative estimate of drug-likeness (QED) is 0.657. The van der Waals surface area contributed by atoms with E-state index in [0.717, 1.165) is 6.54 Å². The molecular formula is C10H19N3O. The van der Waals surface area contributed by atoms with Gasteiger partial charge < -0.3 is 10.6 Å². The summed E-state index contributed by atoms with van der Waals surface area (Å²) < 4.78 is 0. The Balaban J connectivity index is 2.11. The van der Waals surface area contributed by atoms with Crippen molar-refractivity contribution in [3.63, 3.8) is 0 Å². The summed E-state index contributed by atoms with van der Waals surface area (Å²) in [6.45, 7) is 3.46. The minimum absolute atomic E-state index is 0.0978. The Morgan fingerprint density at radius 2 is 2.14 bits per heavy atom. The highest BCUT2D eigenvalue weighted by atomic mass is 16.2. The van der Waals surface area contributed by atoms with Gasteiger partial charge in [0.25, 0.3) is 0 Å². The van der Waals surface area contributed by atoms with Gasteiger partial charge in [-0.15, -0.1) is 0 Å². The molecule has 2 fully saturated rings. The van der Waals surface area contributed by atoms with E-state index in [4.69, 9.17) is 5.73 Å². The molecule has 1 aliphatic carbocycles. The van der Waals surface area contributed by atoms with Crippen LogP contribution in [0.2, 0.25) is 0 Å². The zero-order valence-electron chi connectivity index (χ0n) is 8.94. The van der Waals surface area contributed by atoms with Crippen LogP contribution in [-0.4, -0.2) is 54.0 Å². The molecule has 0 aromatic heterocycles. The molecule has 1 saturated heterocycles. The molecule has 2 atom stereocenters. The molecule has 0 aromatic carbocycles. The highest BCUT2D eigenvalue weighted by Crippen LogP contribution is 2.30. The first-order valence-corrected chi connectivity index (χ1v) is 5.37. The van der Waals surface area contributed by atoms with Gasteiger partial charge in [-0.1, -0.05) is 0 Å². The maximum absolute atomic E-state index is 12.0. The van der Waals surface area contributed by atoms with Crippen LogP contribution in [0, 0.1) is 0 Å². The van der Waals surface area contributed by atoms with Crippen molar-refractivity contribution in [2.75, 3.05) is 20.1 Å². The average molecular weight is 197 g/mol. The molecule has 1 heterocycles. The van der Waals surface area contributed by atoms with Crippen molar-refractivity contribution in [2.24, 2.45) is 5.73 Å². The summed E-state index contributed by atoms with van der Waals surface area (Å²) in [5.74, 6) is 0.232. The first-order chi connectivity index (χ1) is 6.65. The van der Waals surface area contributed by atoms with Gasteiger partial charge in [0.1, 0.15) is 6.04 Å². The lowest BCUT2D eigenvalue weighted by Gasteiger charge is -2.42. The minimum Gasteiger partial charge on any atom is -0.337 e. The number of likely N-dealkylation sites (N-methyl/N-ethyl adjacent to an activating group) is 1. The molecule has 0 spiro atoms. The van der Waals surface area contributed by atoms with Crippen molar-refractivity contribution < 1.29 is 4.79 Å². The maximum atomic E-state index is 12.0. The molecule has 1 amide bonds. The maximum Gasteiger partial charge on any atom is 0.241 e. The molecule has 1 saturated carbocycles. The average Bonchev–Trinajstić information content (AvgIpc) is 2.96. The van der Waals surface area contributed by atoms with Gasteiger partial charge in [-0.2, -0.15) is 0 Å². The number of amides is 1. The summed E-state index contributed by atoms with van der Waals surface area (Å²) in [7, 11) is 1.99. The summed E-state index contributed by atoms with van der Waals surface area (Å²) in [5, 5.41) is 0. The summed E-state index contributed by atoms with van der Waals surface area (Å²) in [4.78, 5) is 16.1. The van der Waals surface area contributed by atoms with Gasteiger partial charge in [0.15, 0.2) is 0 Å². The monoisotopic (exact) mass is 197 g/mol. The van der Waals surface area contributed by atoms with Gasteiger partial charge in [0.2, 0.25) is 5.91 Å². The third kappa shape index (κ3) is 1.53. The van der Waals surface area contributed by atoms with E-state index in [0.29, 0.717) is 18.6 Å². The van der Waals surface area contributed by atoms with Crippen molar-refractivity contribution in [1.82, 2.24) is 9.80 Å². The molecule has 2 aliphatic rings. The predicted molar refractivity (Wildman–Crippen MR) is 54.8 cm³/mol. The smallest absolute Gasteiger partial charge is 0.241 e. The van der Waals surface area contributed by atoms with Gasteiger partial charge >= 0.3 is 0 Å².